The van der Waals surface area contributed by atoms with Crippen molar-refractivity contribution in [2.24, 2.45) is 0 Å². The quantitative estimate of drug-likeness (QED) is 0.0607. The first-order valence-electron chi connectivity index (χ1n) is 15.2. The number of rotatable bonds is 28. The smallest absolute Gasteiger partial charge is 0.329 e. The molecule has 0 fully saturated rings. The SMILES string of the molecule is CCCCCCCCCCCCCCCCCCOCC(COP(=O)(O)CCN(C)C)OC(=O)CCC. The molecule has 7 nitrogen and oxygen atoms in total. The molecule has 37 heavy (non-hydrogen) atoms. The normalized spacial score (nSPS) is 14.1. The zero-order valence-corrected chi connectivity index (χ0v) is 25.6. The van der Waals surface area contributed by atoms with E-state index in [9.17, 15) is 14.3 Å². The van der Waals surface area contributed by atoms with Gasteiger partial charge in [-0.3, -0.25) is 9.36 Å². The number of carbonyl (C=O) groups is 1. The Morgan fingerprint density at radius 1 is 0.757 bits per heavy atom. The van der Waals surface area contributed by atoms with Crippen LogP contribution < -0.4 is 0 Å². The lowest BCUT2D eigenvalue weighted by molar-refractivity contribution is -0.154. The summed E-state index contributed by atoms with van der Waals surface area (Å²) in [5, 5.41) is 0. The molecule has 0 aliphatic heterocycles. The van der Waals surface area contributed by atoms with Crippen LogP contribution in [0.1, 0.15) is 129 Å². The number of hydrogen-bond acceptors (Lipinski definition) is 6. The second-order valence-corrected chi connectivity index (χ2v) is 12.7. The highest BCUT2D eigenvalue weighted by molar-refractivity contribution is 7.52. The van der Waals surface area contributed by atoms with E-state index >= 15 is 0 Å². The maximum Gasteiger partial charge on any atom is 0.329 e. The molecule has 0 amide bonds. The number of hydrogen-bond donors (Lipinski definition) is 1. The first-order valence-corrected chi connectivity index (χ1v) is 16.9. The van der Waals surface area contributed by atoms with Crippen molar-refractivity contribution in [1.82, 2.24) is 4.90 Å². The Balaban J connectivity index is 3.80. The summed E-state index contributed by atoms with van der Waals surface area (Å²) in [7, 11) is -0.0556. The summed E-state index contributed by atoms with van der Waals surface area (Å²) in [5.41, 5.74) is 0. The van der Waals surface area contributed by atoms with Crippen molar-refractivity contribution in [2.75, 3.05) is 46.6 Å². The molecular formula is C29H60NO6P. The molecule has 0 aromatic carbocycles. The van der Waals surface area contributed by atoms with Crippen LogP contribution in [0.4, 0.5) is 0 Å². The zero-order valence-electron chi connectivity index (χ0n) is 24.7. The highest BCUT2D eigenvalue weighted by atomic mass is 31.2. The minimum Gasteiger partial charge on any atom is -0.457 e. The molecule has 0 rings (SSSR count). The molecule has 2 unspecified atom stereocenters. The molecule has 2 atom stereocenters. The van der Waals surface area contributed by atoms with Crippen molar-refractivity contribution in [3.63, 3.8) is 0 Å². The lowest BCUT2D eigenvalue weighted by Gasteiger charge is -2.21. The van der Waals surface area contributed by atoms with Gasteiger partial charge >= 0.3 is 13.6 Å². The summed E-state index contributed by atoms with van der Waals surface area (Å²) in [5.74, 6) is -0.330. The van der Waals surface area contributed by atoms with E-state index < -0.39 is 13.7 Å². The van der Waals surface area contributed by atoms with Crippen molar-refractivity contribution in [2.45, 2.75) is 136 Å². The van der Waals surface area contributed by atoms with E-state index in [0.29, 0.717) is 26.0 Å². The lowest BCUT2D eigenvalue weighted by Crippen LogP contribution is -2.29. The fourth-order valence-electron chi connectivity index (χ4n) is 4.12. The molecule has 0 aliphatic rings. The Morgan fingerprint density at radius 2 is 1.24 bits per heavy atom. The Bertz CT molecular complexity index is 561. The Labute approximate surface area is 228 Å². The second-order valence-electron chi connectivity index (χ2n) is 10.7. The van der Waals surface area contributed by atoms with Crippen LogP contribution in [-0.2, 0) is 23.4 Å². The fraction of sp³-hybridized carbons (Fsp3) is 0.966. The van der Waals surface area contributed by atoms with E-state index in [1.807, 2.05) is 25.9 Å². The van der Waals surface area contributed by atoms with Gasteiger partial charge in [0.25, 0.3) is 0 Å². The van der Waals surface area contributed by atoms with Crippen LogP contribution in [0.2, 0.25) is 0 Å². The van der Waals surface area contributed by atoms with Gasteiger partial charge in [0, 0.05) is 19.6 Å². The number of ether oxygens (including phenoxy) is 2. The molecular weight excluding hydrogens is 489 g/mol. The van der Waals surface area contributed by atoms with E-state index in [2.05, 4.69) is 6.92 Å². The highest BCUT2D eigenvalue weighted by Crippen LogP contribution is 2.41. The van der Waals surface area contributed by atoms with Crippen molar-refractivity contribution in [3.05, 3.63) is 0 Å². The summed E-state index contributed by atoms with van der Waals surface area (Å²) < 4.78 is 28.6. The van der Waals surface area contributed by atoms with Crippen LogP contribution in [0, 0.1) is 0 Å². The molecule has 1 N–H and O–H groups in total. The van der Waals surface area contributed by atoms with E-state index in [1.165, 1.54) is 89.9 Å². The predicted octanol–water partition coefficient (Wildman–Crippen LogP) is 7.74. The van der Waals surface area contributed by atoms with Gasteiger partial charge in [0.05, 0.1) is 19.4 Å². The van der Waals surface area contributed by atoms with Crippen LogP contribution in [0.3, 0.4) is 0 Å². The number of unbranched alkanes of at least 4 members (excludes halogenated alkanes) is 15. The van der Waals surface area contributed by atoms with Gasteiger partial charge in [0.15, 0.2) is 0 Å². The number of nitrogens with zero attached hydrogens (tertiary/aromatic N) is 1. The second kappa shape index (κ2) is 25.8. The van der Waals surface area contributed by atoms with E-state index in [4.69, 9.17) is 14.0 Å². The number of carbonyl (C=O) groups excluding carboxylic acids is 1. The standard InChI is InChI=1S/C29H60NO6P/c1-5-7-8-9-10-11-12-13-14-15-16-17-18-19-20-21-24-34-26-28(36-29(31)22-6-2)27-35-37(32,33)25-23-30(3)4/h28H,5-27H2,1-4H3,(H,32,33). The molecule has 0 aromatic heterocycles. The summed E-state index contributed by atoms with van der Waals surface area (Å²) in [6.07, 6.45) is 21.6. The third-order valence-electron chi connectivity index (χ3n) is 6.49. The largest absolute Gasteiger partial charge is 0.457 e. The molecule has 222 valence electrons. The maximum absolute atomic E-state index is 12.2. The summed E-state index contributed by atoms with van der Waals surface area (Å²) in [6.45, 7) is 5.27. The van der Waals surface area contributed by atoms with Crippen molar-refractivity contribution in [3.8, 4) is 0 Å². The summed E-state index contributed by atoms with van der Waals surface area (Å²) in [4.78, 5) is 23.7. The van der Waals surface area contributed by atoms with Gasteiger partial charge in [-0.25, -0.2) is 0 Å². The van der Waals surface area contributed by atoms with Crippen LogP contribution in [0.25, 0.3) is 0 Å². The van der Waals surface area contributed by atoms with Crippen LogP contribution in [0.15, 0.2) is 0 Å². The van der Waals surface area contributed by atoms with Crippen molar-refractivity contribution in [1.29, 1.82) is 0 Å². The molecule has 0 heterocycles. The van der Waals surface area contributed by atoms with Gasteiger partial charge < -0.3 is 23.8 Å². The van der Waals surface area contributed by atoms with Gasteiger partial charge in [-0.1, -0.05) is 110 Å². The van der Waals surface area contributed by atoms with E-state index in [-0.39, 0.29) is 25.3 Å². The molecule has 0 bridgehead atoms. The first-order chi connectivity index (χ1) is 17.8. The zero-order chi connectivity index (χ0) is 27.6. The van der Waals surface area contributed by atoms with Gasteiger partial charge in [0.2, 0.25) is 0 Å². The molecule has 8 heteroatoms. The number of esters is 1. The molecule has 0 aliphatic carbocycles. The Hall–Kier alpha value is -0.460. The van der Waals surface area contributed by atoms with Crippen LogP contribution in [0.5, 0.6) is 0 Å². The molecule has 0 aromatic rings. The third-order valence-corrected chi connectivity index (χ3v) is 7.81. The van der Waals surface area contributed by atoms with E-state index in [0.717, 1.165) is 12.8 Å². The average molecular weight is 550 g/mol. The highest BCUT2D eigenvalue weighted by Gasteiger charge is 2.24. The minimum atomic E-state index is -3.73. The van der Waals surface area contributed by atoms with Crippen LogP contribution >= 0.6 is 7.60 Å². The van der Waals surface area contributed by atoms with Gasteiger partial charge in [0.1, 0.15) is 6.10 Å². The summed E-state index contributed by atoms with van der Waals surface area (Å²) in [6, 6.07) is 0. The first kappa shape index (κ1) is 36.5. The van der Waals surface area contributed by atoms with Gasteiger partial charge in [-0.2, -0.15) is 0 Å². The third kappa shape index (κ3) is 26.9. The monoisotopic (exact) mass is 549 g/mol. The fourth-order valence-corrected chi connectivity index (χ4v) is 5.30. The average Bonchev–Trinajstić information content (AvgIpc) is 2.85. The maximum atomic E-state index is 12.2. The van der Waals surface area contributed by atoms with Gasteiger partial charge in [-0.15, -0.1) is 0 Å². The molecule has 0 spiro atoms. The van der Waals surface area contributed by atoms with Crippen LogP contribution in [-0.4, -0.2) is 68.5 Å². The van der Waals surface area contributed by atoms with E-state index in [1.54, 1.807) is 0 Å². The van der Waals surface area contributed by atoms with Crippen molar-refractivity contribution >= 4 is 13.6 Å². The van der Waals surface area contributed by atoms with Crippen molar-refractivity contribution < 1.29 is 28.3 Å². The minimum absolute atomic E-state index is 0.0374. The predicted molar refractivity (Wildman–Crippen MR) is 154 cm³/mol. The Morgan fingerprint density at radius 3 is 1.70 bits per heavy atom. The van der Waals surface area contributed by atoms with Gasteiger partial charge in [-0.05, 0) is 26.9 Å². The molecule has 0 saturated carbocycles. The summed E-state index contributed by atoms with van der Waals surface area (Å²) >= 11 is 0. The Kier molecular flexibility index (Phi) is 25.5. The molecule has 0 radical (unpaired) electrons. The lowest BCUT2D eigenvalue weighted by atomic mass is 10.0. The topological polar surface area (TPSA) is 85.3 Å². The molecule has 0 saturated heterocycles.